The first-order valence-corrected chi connectivity index (χ1v) is 5.84. The first-order chi connectivity index (χ1) is 7.54. The summed E-state index contributed by atoms with van der Waals surface area (Å²) in [6.45, 7) is 2.36. The van der Waals surface area contributed by atoms with Gasteiger partial charge in [0.15, 0.2) is 0 Å². The first kappa shape index (κ1) is 12.7. The van der Waals surface area contributed by atoms with Gasteiger partial charge < -0.3 is 4.90 Å². The number of carbonyl (C=O) groups is 1. The Morgan fingerprint density at radius 2 is 2.06 bits per heavy atom. The van der Waals surface area contributed by atoms with Crippen molar-refractivity contribution in [3.05, 3.63) is 35.4 Å². The maximum absolute atomic E-state index is 11.6. The summed E-state index contributed by atoms with van der Waals surface area (Å²) >= 11 is 3.24. The molecule has 0 saturated carbocycles. The van der Waals surface area contributed by atoms with E-state index in [0.717, 1.165) is 5.56 Å². The van der Waals surface area contributed by atoms with E-state index < -0.39 is 0 Å². The van der Waals surface area contributed by atoms with E-state index >= 15 is 0 Å². The number of halogens is 1. The molecule has 0 radical (unpaired) electrons. The molecule has 0 fully saturated rings. The van der Waals surface area contributed by atoms with Gasteiger partial charge >= 0.3 is 0 Å². The summed E-state index contributed by atoms with van der Waals surface area (Å²) in [4.78, 5) is 13.1. The molecule has 1 aromatic rings. The van der Waals surface area contributed by atoms with Crippen LogP contribution in [0.15, 0.2) is 24.3 Å². The Morgan fingerprint density at radius 3 is 2.50 bits per heavy atom. The van der Waals surface area contributed by atoms with E-state index in [0.29, 0.717) is 12.1 Å². The Labute approximate surface area is 104 Å². The van der Waals surface area contributed by atoms with Gasteiger partial charge in [-0.2, -0.15) is 5.26 Å². The van der Waals surface area contributed by atoms with E-state index in [1.54, 1.807) is 31.0 Å². The van der Waals surface area contributed by atoms with Gasteiger partial charge in [0.25, 0.3) is 0 Å². The molecular formula is C12H13BrN2O. The highest BCUT2D eigenvalue weighted by atomic mass is 79.9. The van der Waals surface area contributed by atoms with Crippen LogP contribution in [0.3, 0.4) is 0 Å². The van der Waals surface area contributed by atoms with Crippen LogP contribution in [0.4, 0.5) is 0 Å². The molecule has 3 nitrogen and oxygen atoms in total. The molecular weight excluding hydrogens is 268 g/mol. The summed E-state index contributed by atoms with van der Waals surface area (Å²) in [6.07, 6.45) is 0. The molecule has 1 rings (SSSR count). The zero-order chi connectivity index (χ0) is 12.1. The van der Waals surface area contributed by atoms with Crippen LogP contribution in [0.25, 0.3) is 0 Å². The van der Waals surface area contributed by atoms with E-state index in [4.69, 9.17) is 5.26 Å². The average Bonchev–Trinajstić information content (AvgIpc) is 2.28. The second kappa shape index (κ2) is 5.66. The molecule has 16 heavy (non-hydrogen) atoms. The molecule has 1 amide bonds. The zero-order valence-electron chi connectivity index (χ0n) is 9.27. The number of hydrogen-bond donors (Lipinski definition) is 0. The van der Waals surface area contributed by atoms with Gasteiger partial charge in [-0.1, -0.05) is 28.1 Å². The van der Waals surface area contributed by atoms with E-state index in [-0.39, 0.29) is 10.7 Å². The topological polar surface area (TPSA) is 44.1 Å². The number of rotatable bonds is 3. The molecule has 1 atom stereocenters. The second-order valence-corrected chi connectivity index (χ2v) is 4.99. The fourth-order valence-electron chi connectivity index (χ4n) is 1.34. The van der Waals surface area contributed by atoms with E-state index in [2.05, 4.69) is 22.0 Å². The van der Waals surface area contributed by atoms with Gasteiger partial charge in [-0.15, -0.1) is 0 Å². The van der Waals surface area contributed by atoms with Crippen LogP contribution in [0, 0.1) is 11.3 Å². The fraction of sp³-hybridized carbons (Fsp3) is 0.333. The monoisotopic (exact) mass is 280 g/mol. The predicted octanol–water partition coefficient (Wildman–Crippen LogP) is 2.30. The van der Waals surface area contributed by atoms with Crippen LogP contribution >= 0.6 is 15.9 Å². The molecule has 0 N–H and O–H groups in total. The summed E-state index contributed by atoms with van der Waals surface area (Å²) in [5, 5.41) is 8.65. The molecule has 0 aliphatic rings. The molecule has 4 heteroatoms. The van der Waals surface area contributed by atoms with Crippen molar-refractivity contribution in [2.24, 2.45) is 0 Å². The van der Waals surface area contributed by atoms with Crippen molar-refractivity contribution >= 4 is 21.8 Å². The summed E-state index contributed by atoms with van der Waals surface area (Å²) in [6, 6.07) is 9.30. The molecule has 0 aromatic heterocycles. The minimum Gasteiger partial charge on any atom is -0.340 e. The number of benzene rings is 1. The van der Waals surface area contributed by atoms with Crippen molar-refractivity contribution < 1.29 is 4.79 Å². The highest BCUT2D eigenvalue weighted by Gasteiger charge is 2.14. The molecule has 1 aromatic carbocycles. The van der Waals surface area contributed by atoms with Crippen molar-refractivity contribution in [1.82, 2.24) is 4.90 Å². The Hall–Kier alpha value is -1.34. The largest absolute Gasteiger partial charge is 0.340 e. The van der Waals surface area contributed by atoms with E-state index in [9.17, 15) is 4.79 Å². The maximum Gasteiger partial charge on any atom is 0.236 e. The van der Waals surface area contributed by atoms with Crippen LogP contribution in [0.1, 0.15) is 18.1 Å². The Morgan fingerprint density at radius 1 is 1.50 bits per heavy atom. The number of alkyl halides is 1. The van der Waals surface area contributed by atoms with Crippen LogP contribution < -0.4 is 0 Å². The molecule has 0 bridgehead atoms. The van der Waals surface area contributed by atoms with Gasteiger partial charge in [0.1, 0.15) is 0 Å². The van der Waals surface area contributed by atoms with Crippen LogP contribution in [0.5, 0.6) is 0 Å². The van der Waals surface area contributed by atoms with Gasteiger partial charge in [-0.05, 0) is 24.6 Å². The lowest BCUT2D eigenvalue weighted by Gasteiger charge is -2.18. The Balaban J connectivity index is 2.67. The van der Waals surface area contributed by atoms with Crippen LogP contribution in [0.2, 0.25) is 0 Å². The summed E-state index contributed by atoms with van der Waals surface area (Å²) in [7, 11) is 1.76. The minimum absolute atomic E-state index is 0.0457. The minimum atomic E-state index is -0.170. The first-order valence-electron chi connectivity index (χ1n) is 4.92. The summed E-state index contributed by atoms with van der Waals surface area (Å²) < 4.78 is 0. The summed E-state index contributed by atoms with van der Waals surface area (Å²) in [5.41, 5.74) is 1.65. The number of carbonyl (C=O) groups excluding carboxylic acids is 1. The number of hydrogen-bond acceptors (Lipinski definition) is 2. The van der Waals surface area contributed by atoms with Crippen molar-refractivity contribution in [1.29, 1.82) is 5.26 Å². The van der Waals surface area contributed by atoms with Gasteiger partial charge in [0.2, 0.25) is 5.91 Å². The number of nitriles is 1. The number of nitrogens with zero attached hydrogens (tertiary/aromatic N) is 2. The van der Waals surface area contributed by atoms with Gasteiger partial charge in [-0.3, -0.25) is 4.79 Å². The smallest absolute Gasteiger partial charge is 0.236 e. The zero-order valence-corrected chi connectivity index (χ0v) is 10.9. The van der Waals surface area contributed by atoms with Crippen molar-refractivity contribution in [2.45, 2.75) is 18.3 Å². The molecule has 0 aliphatic heterocycles. The van der Waals surface area contributed by atoms with Crippen molar-refractivity contribution in [3.63, 3.8) is 0 Å². The van der Waals surface area contributed by atoms with Crippen molar-refractivity contribution in [2.75, 3.05) is 7.05 Å². The average molecular weight is 281 g/mol. The predicted molar refractivity (Wildman–Crippen MR) is 66.0 cm³/mol. The molecule has 0 aliphatic carbocycles. The number of amides is 1. The third-order valence-corrected chi connectivity index (χ3v) is 2.61. The lowest BCUT2D eigenvalue weighted by molar-refractivity contribution is -0.129. The standard InChI is InChI=1S/C12H13BrN2O/c1-9(13)12(16)15(2)8-11-5-3-10(7-14)4-6-11/h3-6,9H,8H2,1-2H3. The van der Waals surface area contributed by atoms with Gasteiger partial charge in [0, 0.05) is 13.6 Å². The van der Waals surface area contributed by atoms with E-state index in [1.165, 1.54) is 0 Å². The molecule has 0 heterocycles. The van der Waals surface area contributed by atoms with Gasteiger partial charge in [-0.25, -0.2) is 0 Å². The van der Waals surface area contributed by atoms with Gasteiger partial charge in [0.05, 0.1) is 16.5 Å². The molecule has 0 saturated heterocycles. The SMILES string of the molecule is CC(Br)C(=O)N(C)Cc1ccc(C#N)cc1. The van der Waals surface area contributed by atoms with Crippen LogP contribution in [-0.4, -0.2) is 22.7 Å². The highest BCUT2D eigenvalue weighted by Crippen LogP contribution is 2.09. The fourth-order valence-corrected chi connectivity index (χ4v) is 1.69. The lowest BCUT2D eigenvalue weighted by Crippen LogP contribution is -2.31. The van der Waals surface area contributed by atoms with Crippen molar-refractivity contribution in [3.8, 4) is 6.07 Å². The molecule has 84 valence electrons. The lowest BCUT2D eigenvalue weighted by atomic mass is 10.1. The normalized spacial score (nSPS) is 11.6. The Bertz CT molecular complexity index is 406. The van der Waals surface area contributed by atoms with Crippen LogP contribution in [-0.2, 0) is 11.3 Å². The summed E-state index contributed by atoms with van der Waals surface area (Å²) in [5.74, 6) is 0.0457. The maximum atomic E-state index is 11.6. The third-order valence-electron chi connectivity index (χ3n) is 2.22. The Kier molecular flexibility index (Phi) is 4.51. The quantitative estimate of drug-likeness (QED) is 0.798. The highest BCUT2D eigenvalue weighted by molar-refractivity contribution is 9.10. The second-order valence-electron chi connectivity index (χ2n) is 3.62. The molecule has 0 spiro atoms. The van der Waals surface area contributed by atoms with E-state index in [1.807, 2.05) is 12.1 Å². The third kappa shape index (κ3) is 3.35. The molecule has 1 unspecified atom stereocenters.